The van der Waals surface area contributed by atoms with Gasteiger partial charge in [-0.15, -0.1) is 5.11 Å². The van der Waals surface area contributed by atoms with Crippen LogP contribution in [-0.4, -0.2) is 20.2 Å². The van der Waals surface area contributed by atoms with Crippen LogP contribution in [-0.2, 0) is 19.6 Å². The number of hydrogen-bond acceptors (Lipinski definition) is 6. The maximum Gasteiger partial charge on any atom is 0.356 e. The summed E-state index contributed by atoms with van der Waals surface area (Å²) in [5.74, 6) is 2.29. The Morgan fingerprint density at radius 1 is 1.10 bits per heavy atom. The fourth-order valence-electron chi connectivity index (χ4n) is 0.942. The van der Waals surface area contributed by atoms with Gasteiger partial charge < -0.3 is 0 Å². The van der Waals surface area contributed by atoms with E-state index in [0.717, 1.165) is 0 Å². The van der Waals surface area contributed by atoms with Gasteiger partial charge >= 0.3 is 11.8 Å². The number of carbonyl (C=O) groups is 2. The van der Waals surface area contributed by atoms with Gasteiger partial charge in [-0.05, 0) is 34.7 Å². The highest BCUT2D eigenvalue weighted by Gasteiger charge is 2.09. The average molecular weight is 299 g/mol. The van der Waals surface area contributed by atoms with Crippen molar-refractivity contribution < 1.29 is 18.0 Å². The molecule has 0 radical (unpaired) electrons. The number of nitrogens with zero attached hydrogens (tertiary/aromatic N) is 4. The maximum absolute atomic E-state index is 11.0. The summed E-state index contributed by atoms with van der Waals surface area (Å²) < 4.78 is 22.0. The van der Waals surface area contributed by atoms with Crippen molar-refractivity contribution in [2.24, 2.45) is 31.7 Å². The fraction of sp³-hybridized carbons (Fsp3) is 0. The number of amides is 2. The van der Waals surface area contributed by atoms with E-state index in [2.05, 4.69) is 26.5 Å². The van der Waals surface area contributed by atoms with Crippen molar-refractivity contribution in [3.05, 3.63) is 24.3 Å². The molecule has 1 rings (SSSR count). The Bertz CT molecular complexity index is 665. The first-order valence-electron chi connectivity index (χ1n) is 4.84. The monoisotopic (exact) mass is 299 g/mol. The zero-order chi connectivity index (χ0) is 15.2. The molecule has 0 spiro atoms. The summed E-state index contributed by atoms with van der Waals surface area (Å²) in [5, 5.41) is 17.4. The normalized spacial score (nSPS) is 11.9. The third-order valence-electron chi connectivity index (χ3n) is 1.83. The van der Waals surface area contributed by atoms with E-state index in [-0.39, 0.29) is 10.6 Å². The van der Waals surface area contributed by atoms with Crippen molar-refractivity contribution in [2.75, 3.05) is 0 Å². The molecule has 0 aromatic heterocycles. The van der Waals surface area contributed by atoms with Crippen molar-refractivity contribution >= 4 is 27.5 Å². The van der Waals surface area contributed by atoms with Gasteiger partial charge in [-0.2, -0.15) is 0 Å². The highest BCUT2D eigenvalue weighted by atomic mass is 32.2. The molecule has 0 aliphatic carbocycles. The number of carbonyl (C=O) groups excluding carboxylic acids is 2. The van der Waals surface area contributed by atoms with Crippen molar-refractivity contribution in [1.82, 2.24) is 5.43 Å². The predicted molar refractivity (Wildman–Crippen MR) is 64.5 cm³/mol. The molecule has 0 atom stereocenters. The SMILES string of the molecule is NNC(=O)C(=O)N=NN=Nc1ccc(S(N)(=O)=O)cc1. The molecule has 11 nitrogen and oxygen atoms in total. The van der Waals surface area contributed by atoms with E-state index in [1.165, 1.54) is 24.3 Å². The van der Waals surface area contributed by atoms with Gasteiger partial charge in [0.1, 0.15) is 0 Å². The van der Waals surface area contributed by atoms with Crippen LogP contribution in [0.25, 0.3) is 0 Å². The highest BCUT2D eigenvalue weighted by molar-refractivity contribution is 7.89. The first-order chi connectivity index (χ1) is 9.34. The second-order valence-corrected chi connectivity index (χ2v) is 4.76. The van der Waals surface area contributed by atoms with Gasteiger partial charge in [0.05, 0.1) is 10.6 Å². The van der Waals surface area contributed by atoms with E-state index in [4.69, 9.17) is 5.14 Å². The lowest BCUT2D eigenvalue weighted by Gasteiger charge is -1.96. The summed E-state index contributed by atoms with van der Waals surface area (Å²) in [6, 6.07) is 5.06. The van der Waals surface area contributed by atoms with Crippen LogP contribution in [0.2, 0.25) is 0 Å². The number of hydrogen-bond donors (Lipinski definition) is 3. The van der Waals surface area contributed by atoms with Crippen molar-refractivity contribution in [3.63, 3.8) is 0 Å². The largest absolute Gasteiger partial charge is 0.356 e. The third-order valence-corrected chi connectivity index (χ3v) is 2.76. The number of benzene rings is 1. The number of sulfonamides is 1. The molecule has 5 N–H and O–H groups in total. The van der Waals surface area contributed by atoms with Gasteiger partial charge in [0.25, 0.3) is 0 Å². The van der Waals surface area contributed by atoms with E-state index < -0.39 is 21.8 Å². The van der Waals surface area contributed by atoms with E-state index in [9.17, 15) is 18.0 Å². The standard InChI is InChI=1S/C8H9N7O4S/c9-11-7(16)8(17)13-15-14-12-5-1-3-6(4-2-5)20(10,18)19/h1-4H,9H2,(H,11,16)(H2,10,18,19). The Morgan fingerprint density at radius 3 is 2.20 bits per heavy atom. The van der Waals surface area contributed by atoms with Crippen LogP contribution < -0.4 is 16.4 Å². The Morgan fingerprint density at radius 2 is 1.70 bits per heavy atom. The zero-order valence-electron chi connectivity index (χ0n) is 9.79. The van der Waals surface area contributed by atoms with E-state index in [0.29, 0.717) is 0 Å². The summed E-state index contributed by atoms with van der Waals surface area (Å²) in [4.78, 5) is 21.3. The molecule has 0 aliphatic rings. The quantitative estimate of drug-likeness (QED) is 0.219. The minimum Gasteiger partial charge on any atom is -0.286 e. The first-order valence-corrected chi connectivity index (χ1v) is 6.38. The molecule has 0 saturated heterocycles. The van der Waals surface area contributed by atoms with Crippen molar-refractivity contribution in [2.45, 2.75) is 4.90 Å². The van der Waals surface area contributed by atoms with Gasteiger partial charge in [0.2, 0.25) is 10.0 Å². The third kappa shape index (κ3) is 4.60. The number of nitrogens with one attached hydrogen (secondary N) is 1. The number of hydrazine groups is 1. The summed E-state index contributed by atoms with van der Waals surface area (Å²) in [6.45, 7) is 0. The predicted octanol–water partition coefficient (Wildman–Crippen LogP) is -0.699. The van der Waals surface area contributed by atoms with Crippen LogP contribution in [0.15, 0.2) is 49.8 Å². The molecule has 12 heteroatoms. The van der Waals surface area contributed by atoms with Crippen LogP contribution >= 0.6 is 0 Å². The number of primary sulfonamides is 1. The summed E-state index contributed by atoms with van der Waals surface area (Å²) in [6.07, 6.45) is 0. The Hall–Kier alpha value is -2.57. The summed E-state index contributed by atoms with van der Waals surface area (Å²) in [7, 11) is -3.78. The number of nitrogens with two attached hydrogens (primary N) is 2. The molecule has 0 bridgehead atoms. The molecule has 0 heterocycles. The topological polar surface area (TPSA) is 182 Å². The Balaban J connectivity index is 2.70. The molecule has 0 saturated carbocycles. The van der Waals surface area contributed by atoms with Crippen LogP contribution in [0.5, 0.6) is 0 Å². The zero-order valence-corrected chi connectivity index (χ0v) is 10.6. The lowest BCUT2D eigenvalue weighted by Crippen LogP contribution is -2.35. The molecule has 2 amide bonds. The maximum atomic E-state index is 11.0. The Labute approximate surface area is 112 Å². The molecule has 106 valence electrons. The van der Waals surface area contributed by atoms with Gasteiger partial charge in [-0.25, -0.2) is 19.4 Å². The van der Waals surface area contributed by atoms with Gasteiger partial charge in [0.15, 0.2) is 0 Å². The van der Waals surface area contributed by atoms with Crippen LogP contribution in [0, 0.1) is 0 Å². The highest BCUT2D eigenvalue weighted by Crippen LogP contribution is 2.15. The second-order valence-electron chi connectivity index (χ2n) is 3.20. The first kappa shape index (κ1) is 15.5. The minimum absolute atomic E-state index is 0.0899. The number of rotatable bonds is 3. The van der Waals surface area contributed by atoms with Crippen LogP contribution in [0.1, 0.15) is 0 Å². The molecule has 0 aliphatic heterocycles. The van der Waals surface area contributed by atoms with Gasteiger partial charge in [-0.3, -0.25) is 15.0 Å². The second kappa shape index (κ2) is 6.55. The van der Waals surface area contributed by atoms with Gasteiger partial charge in [0, 0.05) is 0 Å². The van der Waals surface area contributed by atoms with Crippen LogP contribution in [0.3, 0.4) is 0 Å². The lowest BCUT2D eigenvalue weighted by atomic mass is 10.3. The Kier molecular flexibility index (Phi) is 5.08. The fourth-order valence-corrected chi connectivity index (χ4v) is 1.46. The molecule has 20 heavy (non-hydrogen) atoms. The van der Waals surface area contributed by atoms with Crippen molar-refractivity contribution in [3.8, 4) is 0 Å². The lowest BCUT2D eigenvalue weighted by molar-refractivity contribution is -0.137. The van der Waals surface area contributed by atoms with E-state index in [1.807, 2.05) is 0 Å². The van der Waals surface area contributed by atoms with Gasteiger partial charge in [-0.1, -0.05) is 5.11 Å². The average Bonchev–Trinajstić information content (AvgIpc) is 2.42. The molecular weight excluding hydrogens is 290 g/mol. The van der Waals surface area contributed by atoms with Crippen LogP contribution in [0.4, 0.5) is 5.69 Å². The molecular formula is C8H9N7O4S. The molecule has 0 unspecified atom stereocenters. The smallest absolute Gasteiger partial charge is 0.286 e. The summed E-state index contributed by atoms with van der Waals surface area (Å²) >= 11 is 0. The summed E-state index contributed by atoms with van der Waals surface area (Å²) in [5.41, 5.74) is 1.80. The minimum atomic E-state index is -3.78. The van der Waals surface area contributed by atoms with E-state index >= 15 is 0 Å². The molecule has 1 aromatic rings. The molecule has 1 aromatic carbocycles. The van der Waals surface area contributed by atoms with Crippen molar-refractivity contribution in [1.29, 1.82) is 0 Å². The van der Waals surface area contributed by atoms with E-state index in [1.54, 1.807) is 5.43 Å². The molecule has 0 fully saturated rings.